The summed E-state index contributed by atoms with van der Waals surface area (Å²) in [5, 5.41) is 2.79. The third-order valence-electron chi connectivity index (χ3n) is 5.77. The molecule has 2 fully saturated rings. The van der Waals surface area contributed by atoms with Crippen molar-refractivity contribution in [2.75, 3.05) is 26.9 Å². The monoisotopic (exact) mass is 450 g/mol. The summed E-state index contributed by atoms with van der Waals surface area (Å²) in [6.45, 7) is 8.99. The Kier molecular flexibility index (Phi) is 7.24. The van der Waals surface area contributed by atoms with E-state index in [-0.39, 0.29) is 24.3 Å². The first-order valence-electron chi connectivity index (χ1n) is 11.0. The van der Waals surface area contributed by atoms with Gasteiger partial charge in [-0.25, -0.2) is 14.3 Å². The van der Waals surface area contributed by atoms with E-state index in [1.54, 1.807) is 12.0 Å². The number of carbonyl (C=O) groups excluding carboxylic acids is 3. The molecule has 2 aliphatic rings. The van der Waals surface area contributed by atoms with Crippen LogP contribution in [-0.2, 0) is 30.2 Å². The van der Waals surface area contributed by atoms with Gasteiger partial charge < -0.3 is 24.4 Å². The van der Waals surface area contributed by atoms with Crippen LogP contribution in [0.3, 0.4) is 0 Å². The summed E-state index contributed by atoms with van der Waals surface area (Å²) in [4.78, 5) is 43.4. The maximum Gasteiger partial charge on any atom is 0.419 e. The number of carbonyl (C=O) groups is 3. The smallest absolute Gasteiger partial charge is 0.419 e. The van der Waals surface area contributed by atoms with Crippen LogP contribution in [0.15, 0.2) is 12.5 Å². The number of methoxy groups -OCH3 is 1. The SMILES string of the molecule is COCC(C)(C)OCCC(C)(C)OC(=O)n1cnc(C[C@@H]2NC(=O)[C@@H]3CCCN3C2=O)c1. The van der Waals surface area contributed by atoms with Crippen LogP contribution in [0.1, 0.15) is 52.7 Å². The molecule has 0 spiro atoms. The summed E-state index contributed by atoms with van der Waals surface area (Å²) in [5.74, 6) is -0.217. The van der Waals surface area contributed by atoms with Crippen molar-refractivity contribution in [2.24, 2.45) is 0 Å². The molecule has 0 radical (unpaired) electrons. The number of imidazole rings is 1. The van der Waals surface area contributed by atoms with E-state index in [0.717, 1.165) is 6.42 Å². The average Bonchev–Trinajstić information content (AvgIpc) is 3.35. The maximum atomic E-state index is 12.7. The summed E-state index contributed by atoms with van der Waals surface area (Å²) >= 11 is 0. The lowest BCUT2D eigenvalue weighted by Gasteiger charge is -2.34. The third kappa shape index (κ3) is 5.86. The molecule has 0 aliphatic carbocycles. The van der Waals surface area contributed by atoms with Crippen molar-refractivity contribution >= 4 is 17.9 Å². The number of amides is 2. The second kappa shape index (κ2) is 9.58. The van der Waals surface area contributed by atoms with Crippen LogP contribution >= 0.6 is 0 Å². The number of nitrogens with zero attached hydrogens (tertiary/aromatic N) is 3. The molecule has 0 bridgehead atoms. The Balaban J connectivity index is 1.52. The van der Waals surface area contributed by atoms with Crippen molar-refractivity contribution < 1.29 is 28.6 Å². The molecule has 0 aromatic carbocycles. The van der Waals surface area contributed by atoms with Crippen molar-refractivity contribution in [2.45, 2.75) is 76.7 Å². The maximum absolute atomic E-state index is 12.7. The zero-order chi connectivity index (χ0) is 23.5. The van der Waals surface area contributed by atoms with E-state index in [4.69, 9.17) is 14.2 Å². The van der Waals surface area contributed by atoms with E-state index in [1.807, 2.05) is 27.7 Å². The number of ether oxygens (including phenoxy) is 3. The average molecular weight is 451 g/mol. The van der Waals surface area contributed by atoms with Crippen LogP contribution in [0.5, 0.6) is 0 Å². The molecular weight excluding hydrogens is 416 g/mol. The molecule has 0 unspecified atom stereocenters. The zero-order valence-electron chi connectivity index (χ0n) is 19.6. The topological polar surface area (TPSA) is 112 Å². The summed E-state index contributed by atoms with van der Waals surface area (Å²) in [5.41, 5.74) is -0.640. The Morgan fingerprint density at radius 1 is 1.25 bits per heavy atom. The van der Waals surface area contributed by atoms with Crippen molar-refractivity contribution in [1.29, 1.82) is 0 Å². The summed E-state index contributed by atoms with van der Waals surface area (Å²) < 4.78 is 17.8. The molecule has 32 heavy (non-hydrogen) atoms. The van der Waals surface area contributed by atoms with Crippen molar-refractivity contribution in [3.63, 3.8) is 0 Å². The predicted molar refractivity (Wildman–Crippen MR) is 115 cm³/mol. The first-order valence-corrected chi connectivity index (χ1v) is 11.0. The number of rotatable bonds is 9. The minimum atomic E-state index is -0.747. The predicted octanol–water partition coefficient (Wildman–Crippen LogP) is 1.51. The van der Waals surface area contributed by atoms with E-state index < -0.39 is 23.3 Å². The number of hydrogen-bond donors (Lipinski definition) is 1. The fraction of sp³-hybridized carbons (Fsp3) is 0.727. The van der Waals surface area contributed by atoms with E-state index in [0.29, 0.717) is 38.3 Å². The van der Waals surface area contributed by atoms with Gasteiger partial charge in [0.05, 0.1) is 24.5 Å². The number of aromatic nitrogens is 2. The number of piperazine rings is 1. The lowest BCUT2D eigenvalue weighted by Crippen LogP contribution is -2.61. The molecule has 2 aliphatic heterocycles. The second-order valence-corrected chi connectivity index (χ2v) is 9.65. The van der Waals surface area contributed by atoms with Gasteiger partial charge in [0.15, 0.2) is 0 Å². The first kappa shape index (κ1) is 24.2. The lowest BCUT2D eigenvalue weighted by molar-refractivity contribution is -0.147. The highest BCUT2D eigenvalue weighted by atomic mass is 16.6. The standard InChI is InChI=1S/C22H34N4O6/c1-21(2,8-10-31-22(3,4)13-30-5)32-20(29)25-12-15(23-14-25)11-16-19(28)26-9-6-7-17(26)18(27)24-16/h12,14,16-17H,6-11,13H2,1-5H3,(H,24,27)/t16-,17-/m0/s1. The van der Waals surface area contributed by atoms with Gasteiger partial charge in [0.1, 0.15) is 24.0 Å². The van der Waals surface area contributed by atoms with Crippen LogP contribution in [0, 0.1) is 0 Å². The van der Waals surface area contributed by atoms with E-state index in [1.165, 1.54) is 17.1 Å². The van der Waals surface area contributed by atoms with Gasteiger partial charge in [-0.1, -0.05) is 0 Å². The van der Waals surface area contributed by atoms with Crippen molar-refractivity contribution in [1.82, 2.24) is 19.8 Å². The molecule has 2 amide bonds. The fourth-order valence-corrected chi connectivity index (χ4v) is 4.05. The molecule has 0 saturated carbocycles. The Morgan fingerprint density at radius 2 is 2.00 bits per heavy atom. The highest BCUT2D eigenvalue weighted by Gasteiger charge is 2.43. The van der Waals surface area contributed by atoms with E-state index >= 15 is 0 Å². The molecular formula is C22H34N4O6. The van der Waals surface area contributed by atoms with Gasteiger partial charge in [-0.15, -0.1) is 0 Å². The molecule has 3 heterocycles. The Morgan fingerprint density at radius 3 is 2.72 bits per heavy atom. The van der Waals surface area contributed by atoms with Gasteiger partial charge in [-0.3, -0.25) is 9.59 Å². The summed E-state index contributed by atoms with van der Waals surface area (Å²) in [6.07, 6.45) is 4.60. The van der Waals surface area contributed by atoms with Crippen LogP contribution in [0.4, 0.5) is 4.79 Å². The molecule has 10 nitrogen and oxygen atoms in total. The fourth-order valence-electron chi connectivity index (χ4n) is 4.05. The van der Waals surface area contributed by atoms with Crippen molar-refractivity contribution in [3.05, 3.63) is 18.2 Å². The van der Waals surface area contributed by atoms with Gasteiger partial charge in [-0.05, 0) is 40.5 Å². The normalized spacial score (nSPS) is 21.5. The number of hydrogen-bond acceptors (Lipinski definition) is 7. The van der Waals surface area contributed by atoms with Gasteiger partial charge in [0, 0.05) is 32.7 Å². The molecule has 10 heteroatoms. The molecule has 1 N–H and O–H groups in total. The Hall–Kier alpha value is -2.46. The van der Waals surface area contributed by atoms with E-state index in [9.17, 15) is 14.4 Å². The van der Waals surface area contributed by atoms with Gasteiger partial charge >= 0.3 is 6.09 Å². The van der Waals surface area contributed by atoms with Crippen LogP contribution in [0.2, 0.25) is 0 Å². The number of fused-ring (bicyclic) bond motifs is 1. The first-order chi connectivity index (χ1) is 15.0. The molecule has 178 valence electrons. The lowest BCUT2D eigenvalue weighted by atomic mass is 10.0. The molecule has 2 saturated heterocycles. The molecule has 2 atom stereocenters. The summed E-state index contributed by atoms with van der Waals surface area (Å²) in [6, 6.07) is -1.02. The van der Waals surface area contributed by atoms with E-state index in [2.05, 4.69) is 10.3 Å². The largest absolute Gasteiger partial charge is 0.443 e. The number of nitrogens with one attached hydrogen (secondary N) is 1. The minimum Gasteiger partial charge on any atom is -0.443 e. The molecule has 1 aromatic rings. The van der Waals surface area contributed by atoms with Crippen molar-refractivity contribution in [3.8, 4) is 0 Å². The van der Waals surface area contributed by atoms with Crippen LogP contribution in [0.25, 0.3) is 0 Å². The Bertz CT molecular complexity index is 849. The molecule has 3 rings (SSSR count). The summed E-state index contributed by atoms with van der Waals surface area (Å²) in [7, 11) is 1.62. The third-order valence-corrected chi connectivity index (χ3v) is 5.77. The second-order valence-electron chi connectivity index (χ2n) is 9.65. The molecule has 1 aromatic heterocycles. The highest BCUT2D eigenvalue weighted by Crippen LogP contribution is 2.23. The van der Waals surface area contributed by atoms with Crippen LogP contribution in [-0.4, -0.2) is 82.5 Å². The van der Waals surface area contributed by atoms with Gasteiger partial charge in [0.2, 0.25) is 11.8 Å². The Labute approximate surface area is 188 Å². The minimum absolute atomic E-state index is 0.0956. The highest BCUT2D eigenvalue weighted by molar-refractivity contribution is 5.97. The zero-order valence-corrected chi connectivity index (χ0v) is 19.6. The van der Waals surface area contributed by atoms with Gasteiger partial charge in [0.25, 0.3) is 0 Å². The van der Waals surface area contributed by atoms with Crippen LogP contribution < -0.4 is 5.32 Å². The van der Waals surface area contributed by atoms with Gasteiger partial charge in [-0.2, -0.15) is 0 Å². The quantitative estimate of drug-likeness (QED) is 0.607.